The topological polar surface area (TPSA) is 29.3 Å². The van der Waals surface area contributed by atoms with Crippen molar-refractivity contribution in [2.45, 2.75) is 25.4 Å². The molecule has 0 bridgehead atoms. The zero-order valence-corrected chi connectivity index (χ0v) is 10.6. The van der Waals surface area contributed by atoms with Crippen LogP contribution in [0.3, 0.4) is 0 Å². The van der Waals surface area contributed by atoms with Crippen molar-refractivity contribution >= 4 is 23.2 Å². The van der Waals surface area contributed by atoms with Gasteiger partial charge in [0.1, 0.15) is 0 Å². The number of piperidine rings is 1. The van der Waals surface area contributed by atoms with Gasteiger partial charge in [-0.1, -0.05) is 23.2 Å². The quantitative estimate of drug-likeness (QED) is 0.884. The average molecular weight is 259 g/mol. The number of rotatable bonds is 2. The van der Waals surface area contributed by atoms with Crippen LogP contribution in [0, 0.1) is 0 Å². The second kappa shape index (κ2) is 5.37. The van der Waals surface area contributed by atoms with Gasteiger partial charge in [0.15, 0.2) is 0 Å². The maximum atomic E-state index is 6.14. The average Bonchev–Trinajstić information content (AvgIpc) is 2.24. The Balaban J connectivity index is 2.05. The molecule has 2 nitrogen and oxygen atoms in total. The van der Waals surface area contributed by atoms with Crippen LogP contribution in [0.5, 0.6) is 0 Å². The van der Waals surface area contributed by atoms with Crippen LogP contribution in [-0.2, 0) is 6.54 Å². The third-order valence-corrected chi connectivity index (χ3v) is 3.55. The standard InChI is InChI=1S/C12H16Cl2N2/c13-10-3-4-12(14)9(6-10)7-16-5-1-2-11(15)8-16/h3-4,6,11H,1-2,5,7-8,15H2/t11-/m1/s1. The molecule has 2 rings (SSSR count). The van der Waals surface area contributed by atoms with Crippen LogP contribution >= 0.6 is 23.2 Å². The summed E-state index contributed by atoms with van der Waals surface area (Å²) in [4.78, 5) is 2.34. The van der Waals surface area contributed by atoms with E-state index in [1.807, 2.05) is 18.2 Å². The number of hydrogen-bond donors (Lipinski definition) is 1. The van der Waals surface area contributed by atoms with Crippen molar-refractivity contribution in [3.05, 3.63) is 33.8 Å². The summed E-state index contributed by atoms with van der Waals surface area (Å²) in [6.45, 7) is 2.88. The van der Waals surface area contributed by atoms with E-state index in [1.165, 1.54) is 6.42 Å². The van der Waals surface area contributed by atoms with Crippen LogP contribution in [-0.4, -0.2) is 24.0 Å². The predicted octanol–water partition coefficient (Wildman–Crippen LogP) is 2.92. The Morgan fingerprint density at radius 1 is 1.38 bits per heavy atom. The molecule has 1 saturated heterocycles. The summed E-state index contributed by atoms with van der Waals surface area (Å²) in [6, 6.07) is 5.90. The molecule has 1 aromatic rings. The first kappa shape index (κ1) is 12.2. The van der Waals surface area contributed by atoms with Crippen LogP contribution in [0.25, 0.3) is 0 Å². The van der Waals surface area contributed by atoms with Crippen LogP contribution < -0.4 is 5.73 Å². The lowest BCUT2D eigenvalue weighted by Crippen LogP contribution is -2.42. The number of likely N-dealkylation sites (tertiary alicyclic amines) is 1. The van der Waals surface area contributed by atoms with E-state index < -0.39 is 0 Å². The van der Waals surface area contributed by atoms with E-state index in [0.717, 1.165) is 41.7 Å². The molecule has 1 fully saturated rings. The lowest BCUT2D eigenvalue weighted by molar-refractivity contribution is 0.201. The lowest BCUT2D eigenvalue weighted by Gasteiger charge is -2.30. The SMILES string of the molecule is N[C@@H]1CCCN(Cc2cc(Cl)ccc2Cl)C1. The maximum absolute atomic E-state index is 6.14. The third kappa shape index (κ3) is 3.11. The summed E-state index contributed by atoms with van der Waals surface area (Å²) in [5.74, 6) is 0. The largest absolute Gasteiger partial charge is 0.327 e. The molecule has 0 aliphatic carbocycles. The minimum atomic E-state index is 0.298. The summed E-state index contributed by atoms with van der Waals surface area (Å²) >= 11 is 12.1. The zero-order valence-electron chi connectivity index (χ0n) is 9.13. The Morgan fingerprint density at radius 2 is 2.19 bits per heavy atom. The van der Waals surface area contributed by atoms with E-state index in [9.17, 15) is 0 Å². The second-order valence-electron chi connectivity index (χ2n) is 4.37. The fourth-order valence-electron chi connectivity index (χ4n) is 2.14. The fraction of sp³-hybridized carbons (Fsp3) is 0.500. The number of nitrogens with zero attached hydrogens (tertiary/aromatic N) is 1. The van der Waals surface area contributed by atoms with Gasteiger partial charge >= 0.3 is 0 Å². The van der Waals surface area contributed by atoms with Gasteiger partial charge in [0.2, 0.25) is 0 Å². The Hall–Kier alpha value is -0.280. The van der Waals surface area contributed by atoms with Crippen molar-refractivity contribution < 1.29 is 0 Å². The molecular formula is C12H16Cl2N2. The summed E-state index contributed by atoms with van der Waals surface area (Å²) < 4.78 is 0. The van der Waals surface area contributed by atoms with Gasteiger partial charge < -0.3 is 5.73 Å². The highest BCUT2D eigenvalue weighted by Gasteiger charge is 2.17. The first-order valence-corrected chi connectivity index (χ1v) is 6.32. The summed E-state index contributed by atoms with van der Waals surface area (Å²) in [6.07, 6.45) is 2.29. The van der Waals surface area contributed by atoms with Crippen molar-refractivity contribution in [2.75, 3.05) is 13.1 Å². The molecule has 0 saturated carbocycles. The van der Waals surface area contributed by atoms with Crippen LogP contribution in [0.15, 0.2) is 18.2 Å². The van der Waals surface area contributed by atoms with Gasteiger partial charge in [-0.05, 0) is 43.1 Å². The first-order chi connectivity index (χ1) is 7.65. The molecule has 1 atom stereocenters. The third-order valence-electron chi connectivity index (χ3n) is 2.94. The molecule has 1 aliphatic heterocycles. The van der Waals surface area contributed by atoms with Crippen molar-refractivity contribution in [3.63, 3.8) is 0 Å². The normalized spacial score (nSPS) is 22.3. The minimum absolute atomic E-state index is 0.298. The highest BCUT2D eigenvalue weighted by molar-refractivity contribution is 6.33. The molecule has 0 unspecified atom stereocenters. The predicted molar refractivity (Wildman–Crippen MR) is 68.9 cm³/mol. The van der Waals surface area contributed by atoms with E-state index >= 15 is 0 Å². The van der Waals surface area contributed by atoms with Crippen LogP contribution in [0.4, 0.5) is 0 Å². The van der Waals surface area contributed by atoms with Crippen LogP contribution in [0.2, 0.25) is 10.0 Å². The van der Waals surface area contributed by atoms with Crippen LogP contribution in [0.1, 0.15) is 18.4 Å². The first-order valence-electron chi connectivity index (χ1n) is 5.57. The summed E-state index contributed by atoms with van der Waals surface area (Å²) in [5, 5.41) is 1.52. The van der Waals surface area contributed by atoms with Gasteiger partial charge in [0.05, 0.1) is 0 Å². The molecule has 0 radical (unpaired) electrons. The molecule has 16 heavy (non-hydrogen) atoms. The van der Waals surface area contributed by atoms with Gasteiger partial charge in [-0.15, -0.1) is 0 Å². The van der Waals surface area contributed by atoms with E-state index in [2.05, 4.69) is 4.90 Å². The van der Waals surface area contributed by atoms with Crippen molar-refractivity contribution in [2.24, 2.45) is 5.73 Å². The Kier molecular flexibility index (Phi) is 4.09. The number of hydrogen-bond acceptors (Lipinski definition) is 2. The molecule has 1 aromatic carbocycles. The minimum Gasteiger partial charge on any atom is -0.327 e. The van der Waals surface area contributed by atoms with Gasteiger partial charge in [0, 0.05) is 29.2 Å². The molecule has 0 spiro atoms. The van der Waals surface area contributed by atoms with Gasteiger partial charge in [0.25, 0.3) is 0 Å². The summed E-state index contributed by atoms with van der Waals surface area (Å²) in [7, 11) is 0. The highest BCUT2D eigenvalue weighted by Crippen LogP contribution is 2.23. The van der Waals surface area contributed by atoms with Crippen molar-refractivity contribution in [1.82, 2.24) is 4.90 Å². The second-order valence-corrected chi connectivity index (χ2v) is 5.22. The Labute approximate surface area is 106 Å². The summed E-state index contributed by atoms with van der Waals surface area (Å²) in [5.41, 5.74) is 7.03. The van der Waals surface area contributed by atoms with Gasteiger partial charge in [-0.3, -0.25) is 4.90 Å². The number of benzene rings is 1. The van der Waals surface area contributed by atoms with E-state index in [-0.39, 0.29) is 0 Å². The van der Waals surface area contributed by atoms with E-state index in [1.54, 1.807) is 0 Å². The molecule has 0 amide bonds. The molecule has 1 aliphatic rings. The number of halogens is 2. The van der Waals surface area contributed by atoms with Crippen molar-refractivity contribution in [1.29, 1.82) is 0 Å². The Bertz CT molecular complexity index is 368. The van der Waals surface area contributed by atoms with Crippen molar-refractivity contribution in [3.8, 4) is 0 Å². The smallest absolute Gasteiger partial charge is 0.0452 e. The van der Waals surface area contributed by atoms with Gasteiger partial charge in [-0.2, -0.15) is 0 Å². The number of nitrogens with two attached hydrogens (primary N) is 1. The zero-order chi connectivity index (χ0) is 11.5. The molecule has 2 N–H and O–H groups in total. The Morgan fingerprint density at radius 3 is 2.94 bits per heavy atom. The van der Waals surface area contributed by atoms with Gasteiger partial charge in [-0.25, -0.2) is 0 Å². The monoisotopic (exact) mass is 258 g/mol. The maximum Gasteiger partial charge on any atom is 0.0452 e. The molecule has 0 aromatic heterocycles. The molecule has 4 heteroatoms. The van der Waals surface area contributed by atoms with E-state index in [4.69, 9.17) is 28.9 Å². The molecular weight excluding hydrogens is 243 g/mol. The van der Waals surface area contributed by atoms with E-state index in [0.29, 0.717) is 6.04 Å². The fourth-order valence-corrected chi connectivity index (χ4v) is 2.51. The lowest BCUT2D eigenvalue weighted by atomic mass is 10.1. The highest BCUT2D eigenvalue weighted by atomic mass is 35.5. The molecule has 1 heterocycles. The molecule has 88 valence electrons.